The first-order valence-electron chi connectivity index (χ1n) is 5.09. The molecule has 1 saturated heterocycles. The maximum Gasteiger partial charge on any atom is 0.0469 e. The quantitative estimate of drug-likeness (QED) is 0.704. The molecule has 0 spiro atoms. The zero-order valence-corrected chi connectivity index (χ0v) is 8.31. The van der Waals surface area contributed by atoms with Crippen LogP contribution in [0.15, 0.2) is 0 Å². The average Bonchev–Trinajstić information content (AvgIpc) is 2.18. The molecule has 0 aromatic heterocycles. The minimum absolute atomic E-state index is 0.0732. The Balaban J connectivity index is 2.51. The number of rotatable bonds is 3. The van der Waals surface area contributed by atoms with Gasteiger partial charge < -0.3 is 10.5 Å². The van der Waals surface area contributed by atoms with Crippen LogP contribution in [0.4, 0.5) is 0 Å². The molecule has 2 heteroatoms. The standard InChI is InChI=1S/C10H21NO/c1-3-10(11,4-2)9-5-7-12-8-6-9/h9H,3-8,11H2,1-2H3. The van der Waals surface area contributed by atoms with E-state index in [0.717, 1.165) is 38.9 Å². The summed E-state index contributed by atoms with van der Waals surface area (Å²) in [6.07, 6.45) is 4.48. The third-order valence-electron chi connectivity index (χ3n) is 3.35. The lowest BCUT2D eigenvalue weighted by molar-refractivity contribution is 0.0360. The van der Waals surface area contributed by atoms with E-state index in [-0.39, 0.29) is 5.54 Å². The van der Waals surface area contributed by atoms with Gasteiger partial charge in [0.2, 0.25) is 0 Å². The smallest absolute Gasteiger partial charge is 0.0469 e. The molecule has 1 fully saturated rings. The maximum atomic E-state index is 6.32. The number of hydrogen-bond donors (Lipinski definition) is 1. The minimum atomic E-state index is 0.0732. The summed E-state index contributed by atoms with van der Waals surface area (Å²) in [5.41, 5.74) is 6.39. The lowest BCUT2D eigenvalue weighted by Crippen LogP contribution is -2.48. The highest BCUT2D eigenvalue weighted by Gasteiger charge is 2.32. The van der Waals surface area contributed by atoms with Crippen LogP contribution >= 0.6 is 0 Å². The summed E-state index contributed by atoms with van der Waals surface area (Å²) in [5.74, 6) is 0.682. The molecule has 72 valence electrons. The van der Waals surface area contributed by atoms with Gasteiger partial charge in [-0.1, -0.05) is 13.8 Å². The predicted molar refractivity (Wildman–Crippen MR) is 51.0 cm³/mol. The summed E-state index contributed by atoms with van der Waals surface area (Å²) in [5, 5.41) is 0. The monoisotopic (exact) mass is 171 g/mol. The largest absolute Gasteiger partial charge is 0.381 e. The normalized spacial score (nSPS) is 21.2. The van der Waals surface area contributed by atoms with Gasteiger partial charge in [0.1, 0.15) is 0 Å². The van der Waals surface area contributed by atoms with Crippen LogP contribution in [0.2, 0.25) is 0 Å². The second kappa shape index (κ2) is 4.24. The van der Waals surface area contributed by atoms with Crippen molar-refractivity contribution in [1.82, 2.24) is 0 Å². The van der Waals surface area contributed by atoms with Gasteiger partial charge in [-0.2, -0.15) is 0 Å². The Bertz CT molecular complexity index is 126. The average molecular weight is 171 g/mol. The Morgan fingerprint density at radius 2 is 1.75 bits per heavy atom. The zero-order valence-electron chi connectivity index (χ0n) is 8.31. The molecule has 0 amide bonds. The summed E-state index contributed by atoms with van der Waals surface area (Å²) in [7, 11) is 0. The molecule has 0 aliphatic carbocycles. The number of ether oxygens (including phenoxy) is 1. The summed E-state index contributed by atoms with van der Waals surface area (Å²) >= 11 is 0. The molecule has 1 heterocycles. The Kier molecular flexibility index (Phi) is 3.53. The second-order valence-electron chi connectivity index (χ2n) is 3.83. The molecule has 0 aromatic rings. The van der Waals surface area contributed by atoms with Crippen molar-refractivity contribution in [2.24, 2.45) is 11.7 Å². The molecule has 1 rings (SSSR count). The molecule has 0 saturated carbocycles. The molecule has 0 radical (unpaired) electrons. The van der Waals surface area contributed by atoms with Crippen molar-refractivity contribution in [3.05, 3.63) is 0 Å². The lowest BCUT2D eigenvalue weighted by atomic mass is 9.76. The topological polar surface area (TPSA) is 35.2 Å². The fraction of sp³-hybridized carbons (Fsp3) is 1.00. The van der Waals surface area contributed by atoms with Crippen LogP contribution in [0.1, 0.15) is 39.5 Å². The van der Waals surface area contributed by atoms with Gasteiger partial charge in [0, 0.05) is 18.8 Å². The minimum Gasteiger partial charge on any atom is -0.381 e. The van der Waals surface area contributed by atoms with E-state index in [4.69, 9.17) is 10.5 Å². The first-order chi connectivity index (χ1) is 5.73. The van der Waals surface area contributed by atoms with Crippen LogP contribution in [0.25, 0.3) is 0 Å². The van der Waals surface area contributed by atoms with Crippen molar-refractivity contribution in [2.45, 2.75) is 45.1 Å². The molecule has 2 N–H and O–H groups in total. The van der Waals surface area contributed by atoms with E-state index in [9.17, 15) is 0 Å². The van der Waals surface area contributed by atoms with Crippen molar-refractivity contribution < 1.29 is 4.74 Å². The van der Waals surface area contributed by atoms with Crippen LogP contribution in [0.3, 0.4) is 0 Å². The summed E-state index contributed by atoms with van der Waals surface area (Å²) in [6, 6.07) is 0. The van der Waals surface area contributed by atoms with Crippen molar-refractivity contribution >= 4 is 0 Å². The van der Waals surface area contributed by atoms with Gasteiger partial charge in [-0.15, -0.1) is 0 Å². The van der Waals surface area contributed by atoms with Crippen LogP contribution in [-0.2, 0) is 4.74 Å². The fourth-order valence-electron chi connectivity index (χ4n) is 2.10. The highest BCUT2D eigenvalue weighted by atomic mass is 16.5. The van der Waals surface area contributed by atoms with Crippen molar-refractivity contribution in [3.8, 4) is 0 Å². The summed E-state index contributed by atoms with van der Waals surface area (Å²) < 4.78 is 5.33. The second-order valence-corrected chi connectivity index (χ2v) is 3.83. The van der Waals surface area contributed by atoms with E-state index < -0.39 is 0 Å². The Morgan fingerprint density at radius 1 is 1.25 bits per heavy atom. The van der Waals surface area contributed by atoms with Crippen LogP contribution in [-0.4, -0.2) is 18.8 Å². The third kappa shape index (κ3) is 1.99. The SMILES string of the molecule is CCC(N)(CC)C1CCOCC1. The molecule has 0 atom stereocenters. The molecule has 0 bridgehead atoms. The zero-order chi connectivity index (χ0) is 9.03. The van der Waals surface area contributed by atoms with Crippen LogP contribution in [0, 0.1) is 5.92 Å². The Labute approximate surface area is 75.5 Å². The fourth-order valence-corrected chi connectivity index (χ4v) is 2.10. The van der Waals surface area contributed by atoms with Gasteiger partial charge in [-0.25, -0.2) is 0 Å². The van der Waals surface area contributed by atoms with Crippen LogP contribution < -0.4 is 5.73 Å². The van der Waals surface area contributed by atoms with Gasteiger partial charge in [0.25, 0.3) is 0 Å². The van der Waals surface area contributed by atoms with E-state index in [1.54, 1.807) is 0 Å². The number of nitrogens with two attached hydrogens (primary N) is 1. The van der Waals surface area contributed by atoms with Crippen molar-refractivity contribution in [1.29, 1.82) is 0 Å². The molecular formula is C10H21NO. The summed E-state index contributed by atoms with van der Waals surface area (Å²) in [6.45, 7) is 6.20. The predicted octanol–water partition coefficient (Wildman–Crippen LogP) is 1.93. The highest BCUT2D eigenvalue weighted by Crippen LogP contribution is 2.30. The highest BCUT2D eigenvalue weighted by molar-refractivity contribution is 4.89. The molecule has 12 heavy (non-hydrogen) atoms. The number of hydrogen-bond acceptors (Lipinski definition) is 2. The lowest BCUT2D eigenvalue weighted by Gasteiger charge is -2.38. The van der Waals surface area contributed by atoms with Crippen molar-refractivity contribution in [2.75, 3.05) is 13.2 Å². The van der Waals surface area contributed by atoms with Gasteiger partial charge >= 0.3 is 0 Å². The van der Waals surface area contributed by atoms with Gasteiger partial charge in [-0.3, -0.25) is 0 Å². The van der Waals surface area contributed by atoms with E-state index in [0.29, 0.717) is 5.92 Å². The molecule has 0 aromatic carbocycles. The van der Waals surface area contributed by atoms with Crippen molar-refractivity contribution in [3.63, 3.8) is 0 Å². The third-order valence-corrected chi connectivity index (χ3v) is 3.35. The molecule has 1 aliphatic rings. The van der Waals surface area contributed by atoms with Gasteiger partial charge in [0.15, 0.2) is 0 Å². The van der Waals surface area contributed by atoms with Crippen LogP contribution in [0.5, 0.6) is 0 Å². The molecule has 2 nitrogen and oxygen atoms in total. The Morgan fingerprint density at radius 3 is 2.17 bits per heavy atom. The molecular weight excluding hydrogens is 150 g/mol. The summed E-state index contributed by atoms with van der Waals surface area (Å²) in [4.78, 5) is 0. The molecule has 1 aliphatic heterocycles. The van der Waals surface area contributed by atoms with Gasteiger partial charge in [0.05, 0.1) is 0 Å². The van der Waals surface area contributed by atoms with E-state index >= 15 is 0 Å². The molecule has 0 unspecified atom stereocenters. The Hall–Kier alpha value is -0.0800. The first-order valence-corrected chi connectivity index (χ1v) is 5.09. The van der Waals surface area contributed by atoms with Gasteiger partial charge in [-0.05, 0) is 31.6 Å². The van der Waals surface area contributed by atoms with E-state index in [1.807, 2.05) is 0 Å². The van der Waals surface area contributed by atoms with E-state index in [2.05, 4.69) is 13.8 Å². The maximum absolute atomic E-state index is 6.32. The van der Waals surface area contributed by atoms with E-state index in [1.165, 1.54) is 0 Å². The first kappa shape index (κ1) is 10.0.